The van der Waals surface area contributed by atoms with Gasteiger partial charge in [-0.15, -0.1) is 0 Å². The molecule has 0 rings (SSSR count). The Kier molecular flexibility index (Phi) is 6.32. The fraction of sp³-hybridized carbons (Fsp3) is 1.00. The van der Waals surface area contributed by atoms with Crippen molar-refractivity contribution in [1.29, 1.82) is 0 Å². The molecule has 0 aliphatic carbocycles. The van der Waals surface area contributed by atoms with Crippen LogP contribution in [0.15, 0.2) is 0 Å². The molecule has 13 heteroatoms. The molecule has 0 N–H and O–H groups in total. The van der Waals surface area contributed by atoms with Crippen molar-refractivity contribution in [2.45, 2.75) is 24.9 Å². The van der Waals surface area contributed by atoms with Gasteiger partial charge in [0.15, 0.2) is 20.0 Å². The Balaban J connectivity index is 5.23. The molecule has 20 heavy (non-hydrogen) atoms. The second-order valence-corrected chi connectivity index (χ2v) is 5.82. The largest absolute Gasteiger partial charge is 0.510 e. The van der Waals surface area contributed by atoms with Crippen LogP contribution in [0.4, 0.5) is 39.5 Å². The van der Waals surface area contributed by atoms with Crippen LogP contribution < -0.4 is 0 Å². The molecule has 0 saturated carbocycles. The van der Waals surface area contributed by atoms with Crippen molar-refractivity contribution < 1.29 is 52.8 Å². The van der Waals surface area contributed by atoms with Crippen LogP contribution in [0.1, 0.15) is 0 Å². The zero-order valence-corrected chi connectivity index (χ0v) is 10.7. The van der Waals surface area contributed by atoms with Crippen molar-refractivity contribution in [3.63, 3.8) is 0 Å². The molecule has 122 valence electrons. The third kappa shape index (κ3) is 6.76. The van der Waals surface area contributed by atoms with Crippen LogP contribution in [-0.2, 0) is 13.3 Å². The Morgan fingerprint density at radius 1 is 0.650 bits per heavy atom. The van der Waals surface area contributed by atoms with Crippen LogP contribution in [-0.4, -0.2) is 47.2 Å². The van der Waals surface area contributed by atoms with E-state index < -0.39 is 47.2 Å². The van der Waals surface area contributed by atoms with Gasteiger partial charge in [0.25, 0.3) is 0 Å². The molecule has 0 aromatic rings. The van der Waals surface area contributed by atoms with Crippen molar-refractivity contribution >= 4 is 8.80 Å². The maximum atomic E-state index is 12.6. The quantitative estimate of drug-likeness (QED) is 0.476. The first-order valence-electron chi connectivity index (χ1n) is 4.72. The van der Waals surface area contributed by atoms with Gasteiger partial charge in [0.1, 0.15) is 0 Å². The second kappa shape index (κ2) is 6.49. The Bertz CT molecular complexity index is 268. The van der Waals surface area contributed by atoms with Crippen molar-refractivity contribution in [3.8, 4) is 0 Å². The molecule has 0 aliphatic rings. The third-order valence-corrected chi connectivity index (χ3v) is 3.48. The summed E-state index contributed by atoms with van der Waals surface area (Å²) in [5.74, 6) is 0. The molecule has 0 bridgehead atoms. The Morgan fingerprint density at radius 2 is 0.850 bits per heavy atom. The van der Waals surface area contributed by atoms with Crippen LogP contribution in [0.25, 0.3) is 0 Å². The standard InChI is InChI=1S/C7H9F9O3Si/c1-20(17-5(11,12)2-8,18-6(13,14)3-9)19-7(15,16)4-10/h2-4H2,1H3. The summed E-state index contributed by atoms with van der Waals surface area (Å²) in [6, 6.07) is 0. The highest BCUT2D eigenvalue weighted by Gasteiger charge is 2.57. The van der Waals surface area contributed by atoms with E-state index in [9.17, 15) is 39.5 Å². The summed E-state index contributed by atoms with van der Waals surface area (Å²) in [6.07, 6.45) is -14.4. The van der Waals surface area contributed by atoms with E-state index in [1.54, 1.807) is 0 Å². The number of alkyl halides is 9. The Hall–Kier alpha value is -0.533. The van der Waals surface area contributed by atoms with Gasteiger partial charge in [-0.05, 0) is 0 Å². The third-order valence-electron chi connectivity index (χ3n) is 1.47. The molecule has 0 unspecified atom stereocenters. The molecule has 0 atom stereocenters. The van der Waals surface area contributed by atoms with Gasteiger partial charge < -0.3 is 13.3 Å². The summed E-state index contributed by atoms with van der Waals surface area (Å²) in [4.78, 5) is 0. The van der Waals surface area contributed by atoms with E-state index in [0.717, 1.165) is 0 Å². The van der Waals surface area contributed by atoms with Crippen LogP contribution in [0.5, 0.6) is 0 Å². The minimum Gasteiger partial charge on any atom is -0.311 e. The minimum atomic E-state index is -5.69. The molecular formula is C7H9F9O3Si. The molecule has 3 nitrogen and oxygen atoms in total. The van der Waals surface area contributed by atoms with Gasteiger partial charge in [-0.25, -0.2) is 13.2 Å². The highest BCUT2D eigenvalue weighted by Crippen LogP contribution is 2.33. The average molecular weight is 340 g/mol. The number of hydrogen-bond acceptors (Lipinski definition) is 3. The molecule has 0 amide bonds. The van der Waals surface area contributed by atoms with Crippen LogP contribution >= 0.6 is 0 Å². The number of halogens is 9. The average Bonchev–Trinajstić information content (AvgIpc) is 2.26. The fourth-order valence-electron chi connectivity index (χ4n) is 0.958. The molecule has 0 spiro atoms. The molecule has 0 saturated heterocycles. The normalized spacial score (nSPS) is 14.7. The summed E-state index contributed by atoms with van der Waals surface area (Å²) in [7, 11) is -5.69. The maximum Gasteiger partial charge on any atom is 0.510 e. The van der Waals surface area contributed by atoms with Crippen LogP contribution in [0, 0.1) is 0 Å². The van der Waals surface area contributed by atoms with E-state index in [0.29, 0.717) is 0 Å². The van der Waals surface area contributed by atoms with Crippen molar-refractivity contribution in [3.05, 3.63) is 0 Å². The summed E-state index contributed by atoms with van der Waals surface area (Å²) in [5, 5.41) is 0. The first-order valence-corrected chi connectivity index (χ1v) is 6.95. The van der Waals surface area contributed by atoms with Crippen molar-refractivity contribution in [2.24, 2.45) is 0 Å². The minimum absolute atomic E-state index is 0.0870. The lowest BCUT2D eigenvalue weighted by atomic mass is 10.7. The predicted molar refractivity (Wildman–Crippen MR) is 47.6 cm³/mol. The monoisotopic (exact) mass is 340 g/mol. The van der Waals surface area contributed by atoms with E-state index in [1.165, 1.54) is 0 Å². The molecule has 0 aliphatic heterocycles. The SMILES string of the molecule is C[Si](OC(F)(F)CF)(OC(F)(F)CF)OC(F)(F)CF. The fourth-order valence-corrected chi connectivity index (χ4v) is 2.87. The summed E-state index contributed by atoms with van der Waals surface area (Å²) < 4.78 is 121. The predicted octanol–water partition coefficient (Wildman–Crippen LogP) is 3.29. The Morgan fingerprint density at radius 3 is 1.00 bits per heavy atom. The highest BCUT2D eigenvalue weighted by molar-refractivity contribution is 6.59. The van der Waals surface area contributed by atoms with Crippen molar-refractivity contribution in [2.75, 3.05) is 20.0 Å². The Labute approximate surface area is 108 Å². The molecule has 0 aromatic carbocycles. The van der Waals surface area contributed by atoms with Gasteiger partial charge in [-0.1, -0.05) is 0 Å². The van der Waals surface area contributed by atoms with E-state index in [1.807, 2.05) is 0 Å². The molecule has 0 heterocycles. The van der Waals surface area contributed by atoms with Gasteiger partial charge >= 0.3 is 27.1 Å². The summed E-state index contributed by atoms with van der Waals surface area (Å²) >= 11 is 0. The van der Waals surface area contributed by atoms with Gasteiger partial charge in [-0.2, -0.15) is 26.3 Å². The zero-order chi connectivity index (χ0) is 16.2. The van der Waals surface area contributed by atoms with Crippen LogP contribution in [0.3, 0.4) is 0 Å². The first kappa shape index (κ1) is 19.5. The van der Waals surface area contributed by atoms with E-state index in [2.05, 4.69) is 13.3 Å². The van der Waals surface area contributed by atoms with Crippen molar-refractivity contribution in [1.82, 2.24) is 0 Å². The molecular weight excluding hydrogens is 331 g/mol. The number of hydrogen-bond donors (Lipinski definition) is 0. The lowest BCUT2D eigenvalue weighted by Crippen LogP contribution is -2.56. The summed E-state index contributed by atoms with van der Waals surface area (Å²) in [6.45, 7) is -7.65. The lowest BCUT2D eigenvalue weighted by Gasteiger charge is -2.33. The van der Waals surface area contributed by atoms with Gasteiger partial charge in [-0.3, -0.25) is 0 Å². The second-order valence-electron chi connectivity index (χ2n) is 3.48. The number of rotatable bonds is 9. The summed E-state index contributed by atoms with van der Waals surface area (Å²) in [5.41, 5.74) is 0. The maximum absolute atomic E-state index is 12.6. The van der Waals surface area contributed by atoms with E-state index in [4.69, 9.17) is 0 Å². The zero-order valence-electron chi connectivity index (χ0n) is 9.75. The van der Waals surface area contributed by atoms with Gasteiger partial charge in [0.2, 0.25) is 0 Å². The lowest BCUT2D eigenvalue weighted by molar-refractivity contribution is -0.291. The molecule has 0 radical (unpaired) electrons. The topological polar surface area (TPSA) is 27.7 Å². The smallest absolute Gasteiger partial charge is 0.311 e. The van der Waals surface area contributed by atoms with Crippen LogP contribution in [0.2, 0.25) is 6.55 Å². The first-order chi connectivity index (χ1) is 8.80. The highest BCUT2D eigenvalue weighted by atomic mass is 28.4. The van der Waals surface area contributed by atoms with E-state index in [-0.39, 0.29) is 6.55 Å². The van der Waals surface area contributed by atoms with E-state index >= 15 is 0 Å². The molecule has 0 aromatic heterocycles. The van der Waals surface area contributed by atoms with Gasteiger partial charge in [0, 0.05) is 6.55 Å². The van der Waals surface area contributed by atoms with Gasteiger partial charge in [0.05, 0.1) is 0 Å². The molecule has 0 fully saturated rings.